The number of aliphatic hydroxyl groups is 1. The van der Waals surface area contributed by atoms with Crippen molar-refractivity contribution in [2.75, 3.05) is 5.88 Å². The van der Waals surface area contributed by atoms with E-state index in [-0.39, 0.29) is 6.61 Å². The van der Waals surface area contributed by atoms with Gasteiger partial charge in [-0.1, -0.05) is 11.6 Å². The van der Waals surface area contributed by atoms with Gasteiger partial charge in [-0.3, -0.25) is 0 Å². The second-order valence-electron chi connectivity index (χ2n) is 2.94. The molecule has 0 aliphatic carbocycles. The minimum atomic E-state index is -0.0504. The van der Waals surface area contributed by atoms with E-state index in [9.17, 15) is 0 Å². The van der Waals surface area contributed by atoms with Crippen LogP contribution in [-0.2, 0) is 13.0 Å². The Morgan fingerprint density at radius 2 is 2.23 bits per heavy atom. The zero-order valence-electron chi connectivity index (χ0n) is 7.50. The Morgan fingerprint density at radius 1 is 1.38 bits per heavy atom. The molecule has 1 heterocycles. The zero-order chi connectivity index (χ0) is 9.52. The summed E-state index contributed by atoms with van der Waals surface area (Å²) in [7, 11) is 0. The molecule has 74 valence electrons. The third-order valence-electron chi connectivity index (χ3n) is 1.83. The molecule has 0 spiro atoms. The number of hydrogen-bond donors (Lipinski definition) is 1. The van der Waals surface area contributed by atoms with E-state index in [1.54, 1.807) is 6.07 Å². The van der Waals surface area contributed by atoms with Crippen molar-refractivity contribution < 1.29 is 9.63 Å². The molecule has 1 aromatic heterocycles. The largest absolute Gasteiger partial charge is 0.390 e. The average Bonchev–Trinajstić information content (AvgIpc) is 2.60. The molecule has 0 fully saturated rings. The lowest BCUT2D eigenvalue weighted by Crippen LogP contribution is -1.83. The SMILES string of the molecule is OCc1cc(CCCCCCl)on1. The molecule has 0 aliphatic heterocycles. The second-order valence-corrected chi connectivity index (χ2v) is 3.32. The van der Waals surface area contributed by atoms with Gasteiger partial charge in [0.05, 0.1) is 6.61 Å². The molecular weight excluding hydrogens is 190 g/mol. The van der Waals surface area contributed by atoms with Gasteiger partial charge in [-0.05, 0) is 12.8 Å². The second kappa shape index (κ2) is 6.00. The van der Waals surface area contributed by atoms with Crippen molar-refractivity contribution in [3.63, 3.8) is 0 Å². The van der Waals surface area contributed by atoms with Crippen LogP contribution in [0.4, 0.5) is 0 Å². The summed E-state index contributed by atoms with van der Waals surface area (Å²) in [5, 5.41) is 12.4. The number of alkyl halides is 1. The molecule has 0 aromatic carbocycles. The van der Waals surface area contributed by atoms with Crippen molar-refractivity contribution in [3.8, 4) is 0 Å². The summed E-state index contributed by atoms with van der Waals surface area (Å²) in [5.41, 5.74) is 0.604. The number of aromatic nitrogens is 1. The quantitative estimate of drug-likeness (QED) is 0.569. The molecule has 4 heteroatoms. The lowest BCUT2D eigenvalue weighted by Gasteiger charge is -1.93. The molecule has 0 bridgehead atoms. The van der Waals surface area contributed by atoms with Crippen molar-refractivity contribution in [2.24, 2.45) is 0 Å². The van der Waals surface area contributed by atoms with Gasteiger partial charge in [0.2, 0.25) is 0 Å². The normalized spacial score (nSPS) is 10.6. The number of rotatable bonds is 6. The fourth-order valence-electron chi connectivity index (χ4n) is 1.12. The first-order valence-electron chi connectivity index (χ1n) is 4.48. The summed E-state index contributed by atoms with van der Waals surface area (Å²) < 4.78 is 4.99. The Balaban J connectivity index is 2.20. The van der Waals surface area contributed by atoms with E-state index in [0.29, 0.717) is 5.69 Å². The molecular formula is C9H14ClNO2. The van der Waals surface area contributed by atoms with Crippen LogP contribution in [0.25, 0.3) is 0 Å². The van der Waals surface area contributed by atoms with Gasteiger partial charge in [-0.15, -0.1) is 11.6 Å². The van der Waals surface area contributed by atoms with Crippen LogP contribution in [-0.4, -0.2) is 16.1 Å². The Morgan fingerprint density at radius 3 is 2.85 bits per heavy atom. The highest BCUT2D eigenvalue weighted by Crippen LogP contribution is 2.08. The van der Waals surface area contributed by atoms with Crippen molar-refractivity contribution in [1.82, 2.24) is 5.16 Å². The van der Waals surface area contributed by atoms with E-state index in [1.807, 2.05) is 0 Å². The van der Waals surface area contributed by atoms with Crippen LogP contribution in [0.5, 0.6) is 0 Å². The first kappa shape index (κ1) is 10.5. The van der Waals surface area contributed by atoms with Gasteiger partial charge in [-0.25, -0.2) is 0 Å². The molecule has 0 radical (unpaired) electrons. The molecule has 3 nitrogen and oxygen atoms in total. The summed E-state index contributed by atoms with van der Waals surface area (Å²) in [6.07, 6.45) is 4.10. The summed E-state index contributed by atoms with van der Waals surface area (Å²) in [5.74, 6) is 1.57. The summed E-state index contributed by atoms with van der Waals surface area (Å²) in [4.78, 5) is 0. The van der Waals surface area contributed by atoms with Crippen molar-refractivity contribution >= 4 is 11.6 Å². The molecule has 13 heavy (non-hydrogen) atoms. The van der Waals surface area contributed by atoms with Crippen LogP contribution in [0.3, 0.4) is 0 Å². The van der Waals surface area contributed by atoms with Crippen LogP contribution in [0.15, 0.2) is 10.6 Å². The van der Waals surface area contributed by atoms with Gasteiger partial charge < -0.3 is 9.63 Å². The first-order chi connectivity index (χ1) is 6.36. The fourth-order valence-corrected chi connectivity index (χ4v) is 1.31. The van der Waals surface area contributed by atoms with E-state index >= 15 is 0 Å². The van der Waals surface area contributed by atoms with Crippen LogP contribution >= 0.6 is 11.6 Å². The van der Waals surface area contributed by atoms with Crippen LogP contribution in [0.1, 0.15) is 30.7 Å². The van der Waals surface area contributed by atoms with Crippen LogP contribution in [0.2, 0.25) is 0 Å². The molecule has 1 rings (SSSR count). The maximum atomic E-state index is 8.72. The number of aliphatic hydroxyl groups excluding tert-OH is 1. The highest BCUT2D eigenvalue weighted by atomic mass is 35.5. The first-order valence-corrected chi connectivity index (χ1v) is 5.01. The van der Waals surface area contributed by atoms with E-state index in [2.05, 4.69) is 5.16 Å². The molecule has 1 N–H and O–H groups in total. The topological polar surface area (TPSA) is 46.3 Å². The lowest BCUT2D eigenvalue weighted by atomic mass is 10.2. The van der Waals surface area contributed by atoms with Gasteiger partial charge in [0.25, 0.3) is 0 Å². The third-order valence-corrected chi connectivity index (χ3v) is 2.09. The molecule has 0 saturated carbocycles. The number of hydrogen-bond acceptors (Lipinski definition) is 3. The third kappa shape index (κ3) is 3.79. The van der Waals surface area contributed by atoms with E-state index in [0.717, 1.165) is 37.3 Å². The fraction of sp³-hybridized carbons (Fsp3) is 0.667. The van der Waals surface area contributed by atoms with Crippen LogP contribution in [0, 0.1) is 0 Å². The maximum absolute atomic E-state index is 8.72. The molecule has 0 atom stereocenters. The number of halogens is 1. The van der Waals surface area contributed by atoms with Gasteiger partial charge in [0, 0.05) is 18.4 Å². The molecule has 0 unspecified atom stereocenters. The molecule has 0 saturated heterocycles. The number of aryl methyl sites for hydroxylation is 1. The highest BCUT2D eigenvalue weighted by molar-refractivity contribution is 6.17. The Hall–Kier alpha value is -0.540. The smallest absolute Gasteiger partial charge is 0.137 e. The average molecular weight is 204 g/mol. The van der Waals surface area contributed by atoms with Crippen molar-refractivity contribution in [2.45, 2.75) is 32.3 Å². The Bertz CT molecular complexity index is 237. The Kier molecular flexibility index (Phi) is 4.86. The van der Waals surface area contributed by atoms with E-state index in [1.165, 1.54) is 0 Å². The zero-order valence-corrected chi connectivity index (χ0v) is 8.26. The van der Waals surface area contributed by atoms with E-state index in [4.69, 9.17) is 21.2 Å². The van der Waals surface area contributed by atoms with Crippen molar-refractivity contribution in [1.29, 1.82) is 0 Å². The summed E-state index contributed by atoms with van der Waals surface area (Å²) in [6.45, 7) is -0.0504. The summed E-state index contributed by atoms with van der Waals surface area (Å²) >= 11 is 5.54. The minimum absolute atomic E-state index is 0.0504. The highest BCUT2D eigenvalue weighted by Gasteiger charge is 2.01. The maximum Gasteiger partial charge on any atom is 0.137 e. The molecule has 0 aliphatic rings. The predicted octanol–water partition coefficient (Wildman–Crippen LogP) is 2.12. The van der Waals surface area contributed by atoms with Gasteiger partial charge in [0.15, 0.2) is 0 Å². The van der Waals surface area contributed by atoms with E-state index < -0.39 is 0 Å². The van der Waals surface area contributed by atoms with Gasteiger partial charge in [-0.2, -0.15) is 0 Å². The lowest BCUT2D eigenvalue weighted by molar-refractivity contribution is 0.265. The number of unbranched alkanes of at least 4 members (excludes halogenated alkanes) is 2. The predicted molar refractivity (Wildman–Crippen MR) is 50.7 cm³/mol. The molecule has 1 aromatic rings. The monoisotopic (exact) mass is 203 g/mol. The molecule has 0 amide bonds. The van der Waals surface area contributed by atoms with Crippen molar-refractivity contribution in [3.05, 3.63) is 17.5 Å². The standard InChI is InChI=1S/C9H14ClNO2/c10-5-3-1-2-4-9-6-8(7-12)11-13-9/h6,12H,1-5,7H2. The Labute approximate surface area is 82.7 Å². The summed E-state index contributed by atoms with van der Waals surface area (Å²) in [6, 6.07) is 1.79. The van der Waals surface area contributed by atoms with Gasteiger partial charge in [0.1, 0.15) is 11.5 Å². The van der Waals surface area contributed by atoms with Crippen LogP contribution < -0.4 is 0 Å². The minimum Gasteiger partial charge on any atom is -0.390 e. The number of nitrogens with zero attached hydrogens (tertiary/aromatic N) is 1. The van der Waals surface area contributed by atoms with Gasteiger partial charge >= 0.3 is 0 Å².